The van der Waals surface area contributed by atoms with Crippen molar-refractivity contribution in [3.8, 4) is 5.69 Å². The van der Waals surface area contributed by atoms with Crippen LogP contribution < -0.4 is 10.6 Å². The van der Waals surface area contributed by atoms with Crippen molar-refractivity contribution in [2.45, 2.75) is 20.0 Å². The Balaban J connectivity index is 1.56. The molecule has 0 saturated carbocycles. The van der Waals surface area contributed by atoms with Crippen molar-refractivity contribution in [3.63, 3.8) is 0 Å². The van der Waals surface area contributed by atoms with Crippen molar-refractivity contribution in [3.05, 3.63) is 42.5 Å². The molecule has 152 valence electrons. The predicted octanol–water partition coefficient (Wildman–Crippen LogP) is 3.81. The number of amides is 2. The second-order valence-electron chi connectivity index (χ2n) is 7.58. The minimum Gasteiger partial charge on any atom is -0.384 e. The number of carbonyl (C=O) groups excluding carboxylic acids is 1. The second-order valence-corrected chi connectivity index (χ2v) is 7.58. The number of fused-ring (bicyclic) bond motifs is 1. The zero-order valence-electron chi connectivity index (χ0n) is 16.2. The highest BCUT2D eigenvalue weighted by Gasteiger charge is 2.30. The van der Waals surface area contributed by atoms with Crippen molar-refractivity contribution in [1.29, 1.82) is 0 Å². The molecule has 2 amide bonds. The summed E-state index contributed by atoms with van der Waals surface area (Å²) in [5, 5.41) is 11.1. The molecule has 1 aromatic carbocycles. The fourth-order valence-electron chi connectivity index (χ4n) is 3.02. The van der Waals surface area contributed by atoms with Crippen LogP contribution in [0, 0.1) is 11.7 Å². The van der Waals surface area contributed by atoms with Gasteiger partial charge in [0.2, 0.25) is 0 Å². The number of aromatic nitrogens is 3. The molecule has 1 saturated heterocycles. The van der Waals surface area contributed by atoms with Crippen molar-refractivity contribution in [2.24, 2.45) is 5.92 Å². The van der Waals surface area contributed by atoms with E-state index in [0.717, 1.165) is 17.6 Å². The summed E-state index contributed by atoms with van der Waals surface area (Å²) in [7, 11) is 0. The zero-order chi connectivity index (χ0) is 20.5. The number of carbonyl (C=O) groups is 1. The fraction of sp³-hybridized carbons (Fsp3) is 0.350. The third-order valence-electron chi connectivity index (χ3n) is 4.64. The summed E-state index contributed by atoms with van der Waals surface area (Å²) in [4.78, 5) is 17.8. The largest absolute Gasteiger partial charge is 0.384 e. The van der Waals surface area contributed by atoms with Crippen LogP contribution in [0.2, 0.25) is 0 Å². The maximum atomic E-state index is 14.4. The first kappa shape index (κ1) is 19.1. The van der Waals surface area contributed by atoms with E-state index >= 15 is 0 Å². The number of hydrogen-bond donors (Lipinski definition) is 2. The topological polar surface area (TPSA) is 75.1 Å². The Hall–Kier alpha value is -3.23. The highest BCUT2D eigenvalue weighted by molar-refractivity contribution is 5.90. The van der Waals surface area contributed by atoms with Crippen LogP contribution in [0.15, 0.2) is 36.7 Å². The third-order valence-corrected chi connectivity index (χ3v) is 4.64. The lowest BCUT2D eigenvalue weighted by atomic mass is 10.2. The van der Waals surface area contributed by atoms with E-state index in [2.05, 4.69) is 34.6 Å². The molecular weight excluding hydrogens is 378 g/mol. The molecule has 0 spiro atoms. The van der Waals surface area contributed by atoms with Crippen LogP contribution in [-0.4, -0.2) is 51.5 Å². The van der Waals surface area contributed by atoms with Crippen molar-refractivity contribution in [1.82, 2.24) is 19.7 Å². The molecule has 29 heavy (non-hydrogen) atoms. The number of alkyl halides is 1. The third kappa shape index (κ3) is 4.13. The molecule has 0 radical (unpaired) electrons. The normalized spacial score (nSPS) is 14.3. The smallest absolute Gasteiger partial charge is 0.322 e. The van der Waals surface area contributed by atoms with Gasteiger partial charge in [-0.05, 0) is 30.2 Å². The van der Waals surface area contributed by atoms with Gasteiger partial charge >= 0.3 is 6.03 Å². The summed E-state index contributed by atoms with van der Waals surface area (Å²) < 4.78 is 28.8. The Morgan fingerprint density at radius 3 is 2.79 bits per heavy atom. The number of benzene rings is 1. The molecule has 1 fully saturated rings. The van der Waals surface area contributed by atoms with Gasteiger partial charge in [-0.1, -0.05) is 13.8 Å². The standard InChI is InChI=1S/C20H22F2N6O/c1-12(2)7-23-16-5-13-9-28(26-19(13)24-8-16)18-6-15(3-4-17(18)22)25-20(29)27-10-14(21)11-27/h3-6,8-9,12,14,23H,7,10-11H2,1-2H3,(H,25,29). The van der Waals surface area contributed by atoms with Gasteiger partial charge in [-0.3, -0.25) is 0 Å². The molecule has 9 heteroatoms. The number of rotatable bonds is 5. The molecule has 0 atom stereocenters. The molecule has 2 N–H and O–H groups in total. The Morgan fingerprint density at radius 2 is 2.07 bits per heavy atom. The van der Waals surface area contributed by atoms with Crippen LogP contribution in [0.25, 0.3) is 16.7 Å². The molecule has 0 bridgehead atoms. The summed E-state index contributed by atoms with van der Waals surface area (Å²) in [5.74, 6) is 0.00857. The SMILES string of the molecule is CC(C)CNc1cnc2nn(-c3cc(NC(=O)N4CC(F)C4)ccc3F)cc2c1. The van der Waals surface area contributed by atoms with Crippen LogP contribution in [-0.2, 0) is 0 Å². The molecule has 2 aromatic heterocycles. The first-order valence-corrected chi connectivity index (χ1v) is 9.48. The van der Waals surface area contributed by atoms with Crippen molar-refractivity contribution >= 4 is 28.4 Å². The van der Waals surface area contributed by atoms with Crippen LogP contribution in [0.3, 0.4) is 0 Å². The van der Waals surface area contributed by atoms with Gasteiger partial charge in [0.05, 0.1) is 25.0 Å². The number of likely N-dealkylation sites (tertiary alicyclic amines) is 1. The molecule has 4 rings (SSSR count). The van der Waals surface area contributed by atoms with Gasteiger partial charge in [0, 0.05) is 23.8 Å². The van der Waals surface area contributed by atoms with E-state index in [-0.39, 0.29) is 18.8 Å². The Morgan fingerprint density at radius 1 is 1.28 bits per heavy atom. The first-order chi connectivity index (χ1) is 13.9. The molecule has 7 nitrogen and oxygen atoms in total. The van der Waals surface area contributed by atoms with E-state index in [1.54, 1.807) is 12.4 Å². The average Bonchev–Trinajstić information content (AvgIpc) is 3.08. The molecule has 3 heterocycles. The molecule has 0 unspecified atom stereocenters. The Kier molecular flexibility index (Phi) is 5.04. The minimum atomic E-state index is -0.978. The van der Waals surface area contributed by atoms with E-state index in [1.807, 2.05) is 6.07 Å². The van der Waals surface area contributed by atoms with Crippen molar-refractivity contribution < 1.29 is 13.6 Å². The quantitative estimate of drug-likeness (QED) is 0.683. The minimum absolute atomic E-state index is 0.0727. The average molecular weight is 400 g/mol. The molecule has 1 aliphatic rings. The molecular formula is C20H22F2N6O. The lowest BCUT2D eigenvalue weighted by molar-refractivity contribution is 0.0974. The van der Waals surface area contributed by atoms with Gasteiger partial charge in [0.15, 0.2) is 5.65 Å². The monoisotopic (exact) mass is 400 g/mol. The number of hydrogen-bond acceptors (Lipinski definition) is 4. The lowest BCUT2D eigenvalue weighted by Crippen LogP contribution is -2.53. The summed E-state index contributed by atoms with van der Waals surface area (Å²) >= 11 is 0. The summed E-state index contributed by atoms with van der Waals surface area (Å²) in [5.41, 5.74) is 1.95. The molecule has 0 aliphatic carbocycles. The number of halogens is 2. The summed E-state index contributed by atoms with van der Waals surface area (Å²) in [6.45, 7) is 5.19. The number of nitrogens with zero attached hydrogens (tertiary/aromatic N) is 4. The summed E-state index contributed by atoms with van der Waals surface area (Å²) in [6, 6.07) is 5.70. The predicted molar refractivity (Wildman–Crippen MR) is 108 cm³/mol. The Bertz CT molecular complexity index is 1040. The Labute approximate surface area is 166 Å². The first-order valence-electron chi connectivity index (χ1n) is 9.48. The van der Waals surface area contributed by atoms with Crippen LogP contribution in [0.5, 0.6) is 0 Å². The van der Waals surface area contributed by atoms with E-state index in [9.17, 15) is 13.6 Å². The highest BCUT2D eigenvalue weighted by Crippen LogP contribution is 2.23. The van der Waals surface area contributed by atoms with Crippen molar-refractivity contribution in [2.75, 3.05) is 30.3 Å². The fourth-order valence-corrected chi connectivity index (χ4v) is 3.02. The van der Waals surface area contributed by atoms with E-state index in [0.29, 0.717) is 17.3 Å². The molecule has 3 aromatic rings. The van der Waals surface area contributed by atoms with Gasteiger partial charge in [0.25, 0.3) is 0 Å². The lowest BCUT2D eigenvalue weighted by Gasteiger charge is -2.34. The van der Waals surface area contributed by atoms with Gasteiger partial charge in [0.1, 0.15) is 17.7 Å². The van der Waals surface area contributed by atoms with Crippen LogP contribution in [0.1, 0.15) is 13.8 Å². The van der Waals surface area contributed by atoms with E-state index in [4.69, 9.17) is 0 Å². The molecule has 1 aliphatic heterocycles. The van der Waals surface area contributed by atoms with Crippen LogP contribution >= 0.6 is 0 Å². The summed E-state index contributed by atoms with van der Waals surface area (Å²) in [6.07, 6.45) is 2.41. The van der Waals surface area contributed by atoms with E-state index < -0.39 is 18.0 Å². The van der Waals surface area contributed by atoms with Gasteiger partial charge in [-0.25, -0.2) is 23.2 Å². The number of urea groups is 1. The van der Waals surface area contributed by atoms with Gasteiger partial charge < -0.3 is 15.5 Å². The second kappa shape index (κ2) is 7.65. The zero-order valence-corrected chi connectivity index (χ0v) is 16.2. The number of nitrogens with one attached hydrogen (secondary N) is 2. The highest BCUT2D eigenvalue weighted by atomic mass is 19.1. The van der Waals surface area contributed by atoms with Crippen LogP contribution in [0.4, 0.5) is 25.0 Å². The number of pyridine rings is 1. The maximum Gasteiger partial charge on any atom is 0.322 e. The van der Waals surface area contributed by atoms with E-state index in [1.165, 1.54) is 27.8 Å². The number of anilines is 2. The van der Waals surface area contributed by atoms with Gasteiger partial charge in [-0.2, -0.15) is 0 Å². The van der Waals surface area contributed by atoms with Gasteiger partial charge in [-0.15, -0.1) is 5.10 Å². The maximum absolute atomic E-state index is 14.4.